The number of amides is 2. The summed E-state index contributed by atoms with van der Waals surface area (Å²) in [5, 5.41) is 2.79. The first kappa shape index (κ1) is 23.8. The molecule has 0 spiro atoms. The first-order valence-electron chi connectivity index (χ1n) is 10.8. The number of carbonyl (C=O) groups is 2. The molecule has 3 rings (SSSR count). The predicted octanol–water partition coefficient (Wildman–Crippen LogP) is 3.72. The summed E-state index contributed by atoms with van der Waals surface area (Å²) in [6.07, 6.45) is 4.13. The lowest BCUT2D eigenvalue weighted by Gasteiger charge is -2.30. The lowest BCUT2D eigenvalue weighted by molar-refractivity contribution is -0.116. The van der Waals surface area contributed by atoms with E-state index in [0.29, 0.717) is 30.0 Å². The number of aryl methyl sites for hydroxylation is 2. The third-order valence-corrected chi connectivity index (χ3v) is 6.85. The Hall–Kier alpha value is -2.87. The average Bonchev–Trinajstić information content (AvgIpc) is 2.72. The number of para-hydroxylation sites is 1. The fourth-order valence-corrected chi connectivity index (χ4v) is 5.33. The van der Waals surface area contributed by atoms with Crippen molar-refractivity contribution in [2.24, 2.45) is 0 Å². The molecule has 2 amide bonds. The van der Waals surface area contributed by atoms with Gasteiger partial charge in [-0.2, -0.15) is 0 Å². The molecule has 1 aliphatic rings. The molecule has 1 fully saturated rings. The number of nitrogens with zero attached hydrogens (tertiary/aromatic N) is 2. The highest BCUT2D eigenvalue weighted by molar-refractivity contribution is 7.92. The van der Waals surface area contributed by atoms with Crippen molar-refractivity contribution in [3.63, 3.8) is 0 Å². The number of hydrogen-bond donors (Lipinski definition) is 1. The Kier molecular flexibility index (Phi) is 7.23. The molecule has 0 radical (unpaired) electrons. The van der Waals surface area contributed by atoms with Crippen LogP contribution in [0.5, 0.6) is 0 Å². The molecule has 2 aromatic carbocycles. The molecule has 172 valence electrons. The maximum Gasteiger partial charge on any atom is 0.255 e. The van der Waals surface area contributed by atoms with Crippen molar-refractivity contribution in [2.75, 3.05) is 29.0 Å². The molecule has 32 heavy (non-hydrogen) atoms. The fraction of sp³-hybridized carbons (Fsp3) is 0.417. The summed E-state index contributed by atoms with van der Waals surface area (Å²) in [5.74, 6) is -0.629. The van der Waals surface area contributed by atoms with Gasteiger partial charge in [-0.25, -0.2) is 8.42 Å². The van der Waals surface area contributed by atoms with Gasteiger partial charge < -0.3 is 10.2 Å². The second-order valence-electron chi connectivity index (χ2n) is 8.47. The van der Waals surface area contributed by atoms with Gasteiger partial charge in [-0.05, 0) is 75.4 Å². The summed E-state index contributed by atoms with van der Waals surface area (Å²) in [6.45, 7) is 6.70. The molecule has 1 aliphatic heterocycles. The number of nitrogens with one attached hydrogen (secondary N) is 1. The van der Waals surface area contributed by atoms with Gasteiger partial charge in [0.25, 0.3) is 5.91 Å². The van der Waals surface area contributed by atoms with Crippen LogP contribution in [0, 0.1) is 13.8 Å². The number of benzene rings is 2. The van der Waals surface area contributed by atoms with E-state index in [1.165, 1.54) is 0 Å². The van der Waals surface area contributed by atoms with Crippen molar-refractivity contribution >= 4 is 33.2 Å². The van der Waals surface area contributed by atoms with E-state index < -0.39 is 22.0 Å². The van der Waals surface area contributed by atoms with Crippen LogP contribution in [0.15, 0.2) is 42.5 Å². The summed E-state index contributed by atoms with van der Waals surface area (Å²) >= 11 is 0. The second-order valence-corrected chi connectivity index (χ2v) is 10.3. The fourth-order valence-electron chi connectivity index (χ4n) is 4.17. The standard InChI is InChI=1S/C24H31N3O4S/c1-17-14-18(2)16-20(15-17)27(32(4,30)31)19(3)23(28)25-22-11-7-6-10-21(22)24(29)26-12-8-5-9-13-26/h6-7,10-11,14-16,19H,5,8-9,12-13H2,1-4H3,(H,25,28)/t19-/m0/s1. The monoisotopic (exact) mass is 457 g/mol. The highest BCUT2D eigenvalue weighted by atomic mass is 32.2. The summed E-state index contributed by atoms with van der Waals surface area (Å²) in [5.41, 5.74) is 3.03. The van der Waals surface area contributed by atoms with Crippen LogP contribution >= 0.6 is 0 Å². The first-order valence-corrected chi connectivity index (χ1v) is 12.7. The Morgan fingerprint density at radius 1 is 1.00 bits per heavy atom. The molecule has 0 unspecified atom stereocenters. The van der Waals surface area contributed by atoms with Crippen molar-refractivity contribution < 1.29 is 18.0 Å². The molecule has 1 saturated heterocycles. The topological polar surface area (TPSA) is 86.8 Å². The minimum atomic E-state index is -3.73. The zero-order valence-corrected chi connectivity index (χ0v) is 19.9. The van der Waals surface area contributed by atoms with Crippen LogP contribution in [-0.4, -0.2) is 50.5 Å². The van der Waals surface area contributed by atoms with E-state index in [1.54, 1.807) is 48.2 Å². The predicted molar refractivity (Wildman–Crippen MR) is 128 cm³/mol. The Morgan fingerprint density at radius 2 is 1.59 bits per heavy atom. The van der Waals surface area contributed by atoms with E-state index in [9.17, 15) is 18.0 Å². The van der Waals surface area contributed by atoms with Crippen LogP contribution in [0.3, 0.4) is 0 Å². The van der Waals surface area contributed by atoms with Crippen LogP contribution in [0.25, 0.3) is 0 Å². The van der Waals surface area contributed by atoms with Crippen LogP contribution in [0.4, 0.5) is 11.4 Å². The highest BCUT2D eigenvalue weighted by Crippen LogP contribution is 2.25. The minimum Gasteiger partial charge on any atom is -0.339 e. The number of likely N-dealkylation sites (tertiary alicyclic amines) is 1. The van der Waals surface area contributed by atoms with Gasteiger partial charge in [-0.15, -0.1) is 0 Å². The van der Waals surface area contributed by atoms with Crippen LogP contribution in [0.1, 0.15) is 47.7 Å². The van der Waals surface area contributed by atoms with E-state index in [1.807, 2.05) is 19.9 Å². The number of rotatable bonds is 6. The van der Waals surface area contributed by atoms with Gasteiger partial charge in [-0.3, -0.25) is 13.9 Å². The number of anilines is 2. The molecule has 0 saturated carbocycles. The normalized spacial score (nSPS) is 15.2. The highest BCUT2D eigenvalue weighted by Gasteiger charge is 2.30. The molecule has 2 aromatic rings. The van der Waals surface area contributed by atoms with E-state index >= 15 is 0 Å². The van der Waals surface area contributed by atoms with E-state index in [4.69, 9.17) is 0 Å². The van der Waals surface area contributed by atoms with Crippen molar-refractivity contribution in [1.29, 1.82) is 0 Å². The molecule has 1 heterocycles. The third kappa shape index (κ3) is 5.48. The minimum absolute atomic E-state index is 0.123. The summed E-state index contributed by atoms with van der Waals surface area (Å²) in [7, 11) is -3.73. The van der Waals surface area contributed by atoms with E-state index in [-0.39, 0.29) is 5.91 Å². The molecule has 7 nitrogen and oxygen atoms in total. The van der Waals surface area contributed by atoms with E-state index in [0.717, 1.165) is 41.0 Å². The van der Waals surface area contributed by atoms with E-state index in [2.05, 4.69) is 5.32 Å². The zero-order chi connectivity index (χ0) is 23.5. The van der Waals surface area contributed by atoms with Crippen LogP contribution in [0.2, 0.25) is 0 Å². The summed E-state index contributed by atoms with van der Waals surface area (Å²) < 4.78 is 26.4. The van der Waals surface area contributed by atoms with Gasteiger partial charge in [-0.1, -0.05) is 18.2 Å². The maximum absolute atomic E-state index is 13.2. The third-order valence-electron chi connectivity index (χ3n) is 5.61. The number of carbonyl (C=O) groups excluding carboxylic acids is 2. The summed E-state index contributed by atoms with van der Waals surface area (Å²) in [4.78, 5) is 28.0. The molecule has 1 N–H and O–H groups in total. The molecule has 8 heteroatoms. The lowest BCUT2D eigenvalue weighted by atomic mass is 10.1. The van der Waals surface area contributed by atoms with Crippen LogP contribution in [-0.2, 0) is 14.8 Å². The van der Waals surface area contributed by atoms with Crippen molar-refractivity contribution in [3.05, 3.63) is 59.2 Å². The maximum atomic E-state index is 13.2. The largest absolute Gasteiger partial charge is 0.339 e. The average molecular weight is 458 g/mol. The van der Waals surface area contributed by atoms with Gasteiger partial charge in [0.1, 0.15) is 6.04 Å². The number of sulfonamides is 1. The Balaban J connectivity index is 1.88. The molecule has 0 aromatic heterocycles. The van der Waals surface area contributed by atoms with Gasteiger partial charge in [0.15, 0.2) is 0 Å². The molecule has 0 aliphatic carbocycles. The van der Waals surface area contributed by atoms with Crippen molar-refractivity contribution in [2.45, 2.75) is 46.1 Å². The van der Waals surface area contributed by atoms with Gasteiger partial charge in [0.2, 0.25) is 15.9 Å². The van der Waals surface area contributed by atoms with Gasteiger partial charge >= 0.3 is 0 Å². The van der Waals surface area contributed by atoms with Gasteiger partial charge in [0.05, 0.1) is 23.2 Å². The SMILES string of the molecule is Cc1cc(C)cc(N([C@@H](C)C(=O)Nc2ccccc2C(=O)N2CCCCC2)S(C)(=O)=O)c1. The first-order chi connectivity index (χ1) is 15.1. The molecular formula is C24H31N3O4S. The quantitative estimate of drug-likeness (QED) is 0.716. The second kappa shape index (κ2) is 9.73. The Labute approximate surface area is 190 Å². The smallest absolute Gasteiger partial charge is 0.255 e. The Morgan fingerprint density at radius 3 is 2.19 bits per heavy atom. The van der Waals surface area contributed by atoms with Crippen molar-refractivity contribution in [3.8, 4) is 0 Å². The molecular weight excluding hydrogens is 426 g/mol. The number of piperidine rings is 1. The Bertz CT molecular complexity index is 1090. The molecule has 0 bridgehead atoms. The summed E-state index contributed by atoms with van der Waals surface area (Å²) in [6, 6.07) is 11.3. The molecule has 1 atom stereocenters. The van der Waals surface area contributed by atoms with Crippen molar-refractivity contribution in [1.82, 2.24) is 4.90 Å². The zero-order valence-electron chi connectivity index (χ0n) is 19.1. The number of hydrogen-bond acceptors (Lipinski definition) is 4. The van der Waals surface area contributed by atoms with Gasteiger partial charge in [0, 0.05) is 13.1 Å². The van der Waals surface area contributed by atoms with Crippen LogP contribution < -0.4 is 9.62 Å². The lowest BCUT2D eigenvalue weighted by Crippen LogP contribution is -2.45.